The van der Waals surface area contributed by atoms with Gasteiger partial charge in [-0.3, -0.25) is 19.3 Å². The molecular formula is C31H35N3O7. The van der Waals surface area contributed by atoms with Crippen LogP contribution in [0.1, 0.15) is 28.7 Å². The van der Waals surface area contributed by atoms with Gasteiger partial charge in [-0.25, -0.2) is 0 Å². The van der Waals surface area contributed by atoms with E-state index in [1.807, 2.05) is 57.1 Å². The third-order valence-corrected chi connectivity index (χ3v) is 8.71. The van der Waals surface area contributed by atoms with Crippen molar-refractivity contribution in [2.45, 2.75) is 38.3 Å². The van der Waals surface area contributed by atoms with Crippen LogP contribution in [0, 0.1) is 25.7 Å². The number of aromatic hydroxyl groups is 1. The number of phenolic OH excluding ortho intramolecular Hbond substituents is 1. The second-order valence-electron chi connectivity index (χ2n) is 11.9. The molecule has 2 aromatic carbocycles. The number of nitrogens with zero attached hydrogens (tertiary/aromatic N) is 2. The first-order valence-corrected chi connectivity index (χ1v) is 13.4. The van der Waals surface area contributed by atoms with E-state index in [1.54, 1.807) is 14.1 Å². The molecule has 0 unspecified atom stereocenters. The zero-order valence-electron chi connectivity index (χ0n) is 23.9. The van der Waals surface area contributed by atoms with Crippen molar-refractivity contribution in [2.75, 3.05) is 33.1 Å². The number of Topliss-reactive ketones (excluding diaryl/α,β-unsaturated/α-hetero) is 2. The van der Waals surface area contributed by atoms with Gasteiger partial charge in [0.05, 0.1) is 11.6 Å². The van der Waals surface area contributed by atoms with E-state index in [0.29, 0.717) is 11.1 Å². The minimum atomic E-state index is -2.67. The predicted octanol–water partition coefficient (Wildman–Crippen LogP) is 2.31. The van der Waals surface area contributed by atoms with E-state index in [2.05, 4.69) is 0 Å². The number of nitrogens with two attached hydrogens (primary N) is 1. The molecule has 4 atom stereocenters. The monoisotopic (exact) mass is 561 g/mol. The van der Waals surface area contributed by atoms with E-state index in [0.717, 1.165) is 22.4 Å². The molecule has 10 nitrogen and oxygen atoms in total. The fraction of sp³-hybridized carbons (Fsp3) is 0.387. The number of primary amides is 1. The van der Waals surface area contributed by atoms with Crippen LogP contribution in [0.25, 0.3) is 16.9 Å². The molecule has 10 heteroatoms. The largest absolute Gasteiger partial charge is 0.508 e. The molecule has 0 radical (unpaired) electrons. The number of likely N-dealkylation sites (N-methyl/N-ethyl adjacent to an activating group) is 1. The van der Waals surface area contributed by atoms with Crippen LogP contribution in [0.2, 0.25) is 0 Å². The SMILES string of the molecule is Cc1cc(C)cc(-c2cc(N(C)C)c3c(c2O)C(O)=C2C(=O)[C@]4(O)C(O)=C(C(N)=O)C(=O)[C@@H](N(C)C)[C@@H]4C[C@@H]2C3)c1. The third kappa shape index (κ3) is 3.96. The molecule has 0 saturated heterocycles. The van der Waals surface area contributed by atoms with E-state index in [9.17, 15) is 34.8 Å². The maximum atomic E-state index is 14.1. The number of anilines is 1. The Morgan fingerprint density at radius 1 is 1.00 bits per heavy atom. The maximum Gasteiger partial charge on any atom is 0.255 e. The van der Waals surface area contributed by atoms with E-state index < -0.39 is 58.0 Å². The van der Waals surface area contributed by atoms with Gasteiger partial charge in [-0.15, -0.1) is 0 Å². The van der Waals surface area contributed by atoms with Gasteiger partial charge >= 0.3 is 0 Å². The maximum absolute atomic E-state index is 14.1. The minimum Gasteiger partial charge on any atom is -0.508 e. The highest BCUT2D eigenvalue weighted by Crippen LogP contribution is 2.55. The van der Waals surface area contributed by atoms with Crippen LogP contribution >= 0.6 is 0 Å². The summed E-state index contributed by atoms with van der Waals surface area (Å²) in [5.74, 6) is -6.65. The average molecular weight is 562 g/mol. The van der Waals surface area contributed by atoms with Crippen molar-refractivity contribution >= 4 is 28.9 Å². The van der Waals surface area contributed by atoms with Gasteiger partial charge in [0.1, 0.15) is 22.8 Å². The number of aliphatic hydroxyl groups excluding tert-OH is 2. The number of hydrogen-bond acceptors (Lipinski definition) is 9. The first-order valence-electron chi connectivity index (χ1n) is 13.4. The molecule has 1 amide bonds. The lowest BCUT2D eigenvalue weighted by Crippen LogP contribution is -2.65. The number of ketones is 2. The van der Waals surface area contributed by atoms with Crippen LogP contribution < -0.4 is 10.6 Å². The molecule has 3 aliphatic carbocycles. The molecule has 41 heavy (non-hydrogen) atoms. The summed E-state index contributed by atoms with van der Waals surface area (Å²) in [4.78, 5) is 42.9. The molecule has 0 aliphatic heterocycles. The third-order valence-electron chi connectivity index (χ3n) is 8.71. The van der Waals surface area contributed by atoms with Crippen molar-refractivity contribution in [1.82, 2.24) is 4.90 Å². The second-order valence-corrected chi connectivity index (χ2v) is 11.9. The highest BCUT2D eigenvalue weighted by molar-refractivity contribution is 6.24. The molecule has 0 bridgehead atoms. The minimum absolute atomic E-state index is 0.0399. The summed E-state index contributed by atoms with van der Waals surface area (Å²) in [5.41, 5.74) is 6.29. The Labute approximate surface area is 238 Å². The fourth-order valence-corrected chi connectivity index (χ4v) is 7.04. The summed E-state index contributed by atoms with van der Waals surface area (Å²) >= 11 is 0. The number of aliphatic hydroxyl groups is 3. The average Bonchev–Trinajstić information content (AvgIpc) is 2.85. The van der Waals surface area contributed by atoms with Crippen LogP contribution in [0.5, 0.6) is 5.75 Å². The van der Waals surface area contributed by atoms with Crippen molar-refractivity contribution in [2.24, 2.45) is 17.6 Å². The summed E-state index contributed by atoms with van der Waals surface area (Å²) in [6, 6.07) is 6.56. The number of hydrogen-bond donors (Lipinski definition) is 5. The lowest BCUT2D eigenvalue weighted by Gasteiger charge is -2.50. The molecule has 1 saturated carbocycles. The Hall–Kier alpha value is -4.15. The Morgan fingerprint density at radius 2 is 1.61 bits per heavy atom. The number of amides is 1. The van der Waals surface area contributed by atoms with E-state index in [-0.39, 0.29) is 29.7 Å². The molecule has 0 aromatic heterocycles. The molecule has 1 fully saturated rings. The van der Waals surface area contributed by atoms with E-state index in [4.69, 9.17) is 5.73 Å². The van der Waals surface area contributed by atoms with Crippen LogP contribution in [0.4, 0.5) is 5.69 Å². The Kier molecular flexibility index (Phi) is 6.55. The first kappa shape index (κ1) is 28.4. The summed E-state index contributed by atoms with van der Waals surface area (Å²) in [7, 11) is 6.83. The second kappa shape index (κ2) is 9.46. The zero-order chi connectivity index (χ0) is 30.3. The first-order chi connectivity index (χ1) is 19.1. The standard InChI is InChI=1S/C31H35N3O7/c1-13-7-14(2)9-15(8-13)17-12-20(33(3)4)18-10-16-11-19-24(34(5)6)27(37)23(30(32)40)29(39)31(19,41)28(38)21(16)26(36)22(18)25(17)35/h7-9,12,16,19,24,35-36,39,41H,10-11H2,1-6H3,(H2,32,40)/t16-,19-,24-,31-/m0/s1. The summed E-state index contributed by atoms with van der Waals surface area (Å²) in [5, 5.41) is 46.1. The van der Waals surface area contributed by atoms with Crippen molar-refractivity contribution in [3.8, 4) is 16.9 Å². The van der Waals surface area contributed by atoms with Crippen molar-refractivity contribution in [3.63, 3.8) is 0 Å². The number of phenols is 1. The van der Waals surface area contributed by atoms with Crippen LogP contribution in [0.15, 0.2) is 41.2 Å². The van der Waals surface area contributed by atoms with E-state index >= 15 is 0 Å². The number of carbonyl (C=O) groups is 3. The highest BCUT2D eigenvalue weighted by atomic mass is 16.3. The lowest BCUT2D eigenvalue weighted by molar-refractivity contribution is -0.153. The molecule has 2 aromatic rings. The normalized spacial score (nSPS) is 25.7. The van der Waals surface area contributed by atoms with Crippen molar-refractivity contribution < 1.29 is 34.8 Å². The van der Waals surface area contributed by atoms with Crippen LogP contribution in [-0.4, -0.2) is 82.6 Å². The van der Waals surface area contributed by atoms with Gasteiger partial charge in [0, 0.05) is 36.8 Å². The van der Waals surface area contributed by atoms with Gasteiger partial charge in [-0.05, 0) is 63.9 Å². The van der Waals surface area contributed by atoms with Gasteiger partial charge < -0.3 is 31.1 Å². The van der Waals surface area contributed by atoms with Crippen molar-refractivity contribution in [3.05, 3.63) is 63.4 Å². The van der Waals surface area contributed by atoms with Gasteiger partial charge in [0.15, 0.2) is 11.4 Å². The predicted molar refractivity (Wildman–Crippen MR) is 153 cm³/mol. The Morgan fingerprint density at radius 3 is 2.15 bits per heavy atom. The summed E-state index contributed by atoms with van der Waals surface area (Å²) in [6.45, 7) is 3.88. The molecule has 5 rings (SSSR count). The quantitative estimate of drug-likeness (QED) is 0.352. The number of benzene rings is 2. The highest BCUT2D eigenvalue weighted by Gasteiger charge is 2.64. The molecule has 3 aliphatic rings. The molecule has 0 heterocycles. The van der Waals surface area contributed by atoms with Gasteiger partial charge in [-0.2, -0.15) is 0 Å². The van der Waals surface area contributed by atoms with Gasteiger partial charge in [0.25, 0.3) is 5.91 Å². The smallest absolute Gasteiger partial charge is 0.255 e. The topological polar surface area (TPSA) is 165 Å². The van der Waals surface area contributed by atoms with E-state index in [1.165, 1.54) is 4.90 Å². The summed E-state index contributed by atoms with van der Waals surface area (Å²) < 4.78 is 0. The number of rotatable bonds is 4. The number of fused-ring (bicyclic) bond motifs is 3. The summed E-state index contributed by atoms with van der Waals surface area (Å²) in [6.07, 6.45) is 0.265. The lowest BCUT2D eigenvalue weighted by atomic mass is 9.57. The van der Waals surface area contributed by atoms with Crippen LogP contribution in [-0.2, 0) is 20.8 Å². The number of aryl methyl sites for hydroxylation is 2. The Balaban J connectivity index is 1.78. The van der Waals surface area contributed by atoms with Crippen molar-refractivity contribution in [1.29, 1.82) is 0 Å². The zero-order valence-corrected chi connectivity index (χ0v) is 23.9. The fourth-order valence-electron chi connectivity index (χ4n) is 7.04. The van der Waals surface area contributed by atoms with Gasteiger partial charge in [-0.1, -0.05) is 29.3 Å². The molecular weight excluding hydrogens is 526 g/mol. The van der Waals surface area contributed by atoms with Crippen LogP contribution in [0.3, 0.4) is 0 Å². The molecule has 216 valence electrons. The number of carbonyl (C=O) groups excluding carboxylic acids is 3. The van der Waals surface area contributed by atoms with Gasteiger partial charge in [0.2, 0.25) is 5.78 Å². The Bertz CT molecular complexity index is 1580. The molecule has 0 spiro atoms. The molecule has 6 N–H and O–H groups in total.